The first kappa shape index (κ1) is 14.8. The van der Waals surface area contributed by atoms with Gasteiger partial charge >= 0.3 is 0 Å². The fraction of sp³-hybridized carbons (Fsp3) is 0.200. The molecule has 0 aliphatic heterocycles. The molecule has 0 radical (unpaired) electrons. The second-order valence-electron chi connectivity index (χ2n) is 4.31. The van der Waals surface area contributed by atoms with E-state index in [0.29, 0.717) is 18.0 Å². The van der Waals surface area contributed by atoms with Gasteiger partial charge in [0.15, 0.2) is 0 Å². The number of anilines is 1. The highest BCUT2D eigenvalue weighted by Gasteiger charge is 2.14. The van der Waals surface area contributed by atoms with Crippen molar-refractivity contribution >= 4 is 11.4 Å². The van der Waals surface area contributed by atoms with Crippen LogP contribution in [0.5, 0.6) is 5.75 Å². The van der Waals surface area contributed by atoms with E-state index in [0.717, 1.165) is 12.1 Å². The lowest BCUT2D eigenvalue weighted by atomic mass is 10.1. The second-order valence-corrected chi connectivity index (χ2v) is 4.31. The van der Waals surface area contributed by atoms with Crippen molar-refractivity contribution in [3.8, 4) is 5.75 Å². The summed E-state index contributed by atoms with van der Waals surface area (Å²) in [5.41, 5.74) is 0.877. The van der Waals surface area contributed by atoms with E-state index in [-0.39, 0.29) is 17.8 Å². The lowest BCUT2D eigenvalue weighted by Gasteiger charge is -2.12. The molecule has 0 aliphatic carbocycles. The smallest absolute Gasteiger partial charge is 0.274 e. The summed E-state index contributed by atoms with van der Waals surface area (Å²) < 4.78 is 18.7. The van der Waals surface area contributed by atoms with E-state index in [2.05, 4.69) is 5.32 Å². The molecule has 0 aromatic heterocycles. The molecule has 0 unspecified atom stereocenters. The summed E-state index contributed by atoms with van der Waals surface area (Å²) >= 11 is 0. The van der Waals surface area contributed by atoms with Crippen LogP contribution >= 0.6 is 0 Å². The maximum absolute atomic E-state index is 13.3. The number of hydrogen-bond donors (Lipinski definition) is 1. The molecule has 5 nitrogen and oxygen atoms in total. The fourth-order valence-corrected chi connectivity index (χ4v) is 1.96. The Bertz CT molecular complexity index is 647. The van der Waals surface area contributed by atoms with Gasteiger partial charge in [-0.25, -0.2) is 4.39 Å². The number of hydrogen-bond acceptors (Lipinski definition) is 4. The number of ether oxygens (including phenoxy) is 1. The summed E-state index contributed by atoms with van der Waals surface area (Å²) in [5, 5.41) is 14.0. The molecule has 0 heterocycles. The quantitative estimate of drug-likeness (QED) is 0.650. The molecular formula is C15H15FN2O3. The van der Waals surface area contributed by atoms with Crippen molar-refractivity contribution in [1.29, 1.82) is 0 Å². The van der Waals surface area contributed by atoms with Gasteiger partial charge in [0.25, 0.3) is 5.69 Å². The Morgan fingerprint density at radius 2 is 2.05 bits per heavy atom. The average molecular weight is 290 g/mol. The average Bonchev–Trinajstić information content (AvgIpc) is 2.46. The van der Waals surface area contributed by atoms with Gasteiger partial charge in [0.05, 0.1) is 22.8 Å². The number of rotatable bonds is 6. The monoisotopic (exact) mass is 290 g/mol. The number of nitro groups is 1. The number of nitrogens with zero attached hydrogens (tertiary/aromatic N) is 1. The van der Waals surface area contributed by atoms with Crippen molar-refractivity contribution in [2.75, 3.05) is 11.9 Å². The van der Waals surface area contributed by atoms with E-state index in [1.54, 1.807) is 12.1 Å². The van der Waals surface area contributed by atoms with Crippen LogP contribution < -0.4 is 10.1 Å². The Balaban J connectivity index is 2.20. The normalized spacial score (nSPS) is 10.2. The molecule has 6 heteroatoms. The first-order valence-corrected chi connectivity index (χ1v) is 6.50. The third-order valence-electron chi connectivity index (χ3n) is 2.89. The van der Waals surface area contributed by atoms with Crippen LogP contribution in [0.15, 0.2) is 42.5 Å². The minimum Gasteiger partial charge on any atom is -0.492 e. The van der Waals surface area contributed by atoms with E-state index in [1.165, 1.54) is 6.07 Å². The summed E-state index contributed by atoms with van der Waals surface area (Å²) in [5.74, 6) is 0.148. The molecule has 0 spiro atoms. The Morgan fingerprint density at radius 1 is 1.29 bits per heavy atom. The maximum atomic E-state index is 13.3. The molecule has 0 bridgehead atoms. The summed E-state index contributed by atoms with van der Waals surface area (Å²) in [7, 11) is 0. The van der Waals surface area contributed by atoms with Crippen LogP contribution in [-0.4, -0.2) is 11.5 Å². The largest absolute Gasteiger partial charge is 0.492 e. The molecule has 0 amide bonds. The van der Waals surface area contributed by atoms with Crippen molar-refractivity contribution in [2.24, 2.45) is 0 Å². The van der Waals surface area contributed by atoms with Crippen molar-refractivity contribution in [1.82, 2.24) is 0 Å². The Kier molecular flexibility index (Phi) is 4.71. The zero-order chi connectivity index (χ0) is 15.2. The standard InChI is InChI=1S/C15H15FN2O3/c1-2-21-15-6-4-3-5-13(15)17-10-11-9-12(16)7-8-14(11)18(19)20/h3-9,17H,2,10H2,1H3. The SMILES string of the molecule is CCOc1ccccc1NCc1cc(F)ccc1[N+](=O)[O-]. The van der Waals surface area contributed by atoms with Gasteiger partial charge in [-0.3, -0.25) is 10.1 Å². The highest BCUT2D eigenvalue weighted by Crippen LogP contribution is 2.26. The molecule has 110 valence electrons. The Labute approximate surface area is 121 Å². The van der Waals surface area contributed by atoms with Gasteiger partial charge in [0.1, 0.15) is 11.6 Å². The molecule has 21 heavy (non-hydrogen) atoms. The molecule has 0 aliphatic rings. The number of benzene rings is 2. The minimum atomic E-state index is -0.523. The predicted octanol–water partition coefficient (Wildman–Crippen LogP) is 3.74. The molecule has 2 rings (SSSR count). The Morgan fingerprint density at radius 3 is 2.76 bits per heavy atom. The summed E-state index contributed by atoms with van der Waals surface area (Å²) in [6.07, 6.45) is 0. The first-order valence-electron chi connectivity index (χ1n) is 6.50. The van der Waals surface area contributed by atoms with Gasteiger partial charge in [0, 0.05) is 12.6 Å². The first-order chi connectivity index (χ1) is 10.1. The zero-order valence-electron chi connectivity index (χ0n) is 11.5. The van der Waals surface area contributed by atoms with E-state index >= 15 is 0 Å². The molecule has 1 N–H and O–H groups in total. The molecular weight excluding hydrogens is 275 g/mol. The summed E-state index contributed by atoms with van der Waals surface area (Å²) in [6.45, 7) is 2.52. The second kappa shape index (κ2) is 6.69. The van der Waals surface area contributed by atoms with Crippen LogP contribution in [-0.2, 0) is 6.54 Å². The van der Waals surface area contributed by atoms with Crippen LogP contribution in [0.2, 0.25) is 0 Å². The molecule has 0 atom stereocenters. The van der Waals surface area contributed by atoms with Crippen LogP contribution in [0, 0.1) is 15.9 Å². The van der Waals surface area contributed by atoms with Gasteiger partial charge < -0.3 is 10.1 Å². The molecule has 0 saturated heterocycles. The van der Waals surface area contributed by atoms with Gasteiger partial charge in [0.2, 0.25) is 0 Å². The number of nitro benzene ring substituents is 1. The topological polar surface area (TPSA) is 64.4 Å². The van der Waals surface area contributed by atoms with Crippen molar-refractivity contribution < 1.29 is 14.1 Å². The van der Waals surface area contributed by atoms with E-state index in [4.69, 9.17) is 4.74 Å². The number of nitrogens with one attached hydrogen (secondary N) is 1. The molecule has 0 saturated carbocycles. The van der Waals surface area contributed by atoms with Gasteiger partial charge in [-0.2, -0.15) is 0 Å². The highest BCUT2D eigenvalue weighted by atomic mass is 19.1. The minimum absolute atomic E-state index is 0.113. The van der Waals surface area contributed by atoms with Crippen LogP contribution in [0.4, 0.5) is 15.8 Å². The zero-order valence-corrected chi connectivity index (χ0v) is 11.5. The van der Waals surface area contributed by atoms with Crippen molar-refractivity contribution in [3.63, 3.8) is 0 Å². The predicted molar refractivity (Wildman–Crippen MR) is 78.0 cm³/mol. The maximum Gasteiger partial charge on any atom is 0.274 e. The van der Waals surface area contributed by atoms with E-state index in [1.807, 2.05) is 19.1 Å². The third kappa shape index (κ3) is 3.68. The van der Waals surface area contributed by atoms with Gasteiger partial charge in [-0.15, -0.1) is 0 Å². The van der Waals surface area contributed by atoms with Gasteiger partial charge in [-0.1, -0.05) is 12.1 Å². The van der Waals surface area contributed by atoms with Crippen LogP contribution in [0.1, 0.15) is 12.5 Å². The van der Waals surface area contributed by atoms with Crippen molar-refractivity contribution in [3.05, 3.63) is 64.0 Å². The highest BCUT2D eigenvalue weighted by molar-refractivity contribution is 5.57. The summed E-state index contributed by atoms with van der Waals surface area (Å²) in [6, 6.07) is 10.7. The lowest BCUT2D eigenvalue weighted by Crippen LogP contribution is -2.05. The Hall–Kier alpha value is -2.63. The lowest BCUT2D eigenvalue weighted by molar-refractivity contribution is -0.385. The number of halogens is 1. The van der Waals surface area contributed by atoms with E-state index in [9.17, 15) is 14.5 Å². The number of para-hydroxylation sites is 2. The van der Waals surface area contributed by atoms with Crippen LogP contribution in [0.25, 0.3) is 0 Å². The van der Waals surface area contributed by atoms with Gasteiger partial charge in [-0.05, 0) is 31.2 Å². The van der Waals surface area contributed by atoms with E-state index < -0.39 is 10.7 Å². The summed E-state index contributed by atoms with van der Waals surface area (Å²) in [4.78, 5) is 10.4. The molecule has 2 aromatic rings. The fourth-order valence-electron chi connectivity index (χ4n) is 1.96. The molecule has 0 fully saturated rings. The third-order valence-corrected chi connectivity index (χ3v) is 2.89. The van der Waals surface area contributed by atoms with Crippen LogP contribution in [0.3, 0.4) is 0 Å². The molecule has 2 aromatic carbocycles. The van der Waals surface area contributed by atoms with Crippen molar-refractivity contribution in [2.45, 2.75) is 13.5 Å².